The molecule has 26 heavy (non-hydrogen) atoms. The van der Waals surface area contributed by atoms with Crippen LogP contribution in [0.15, 0.2) is 91.1 Å². The first-order valence-corrected chi connectivity index (χ1v) is 10.5. The number of nitrogens with one attached hydrogen (secondary N) is 2. The zero-order valence-corrected chi connectivity index (χ0v) is 15.3. The Morgan fingerprint density at radius 1 is 0.769 bits per heavy atom. The summed E-state index contributed by atoms with van der Waals surface area (Å²) in [5.74, 6) is 0. The lowest BCUT2D eigenvalue weighted by molar-refractivity contribution is 0.578. The molecule has 2 N–H and O–H groups in total. The van der Waals surface area contributed by atoms with E-state index in [1.807, 2.05) is 79.0 Å². The van der Waals surface area contributed by atoms with Crippen LogP contribution in [-0.4, -0.2) is 11.5 Å². The summed E-state index contributed by atoms with van der Waals surface area (Å²) in [6.45, 7) is 0.642. The molecule has 0 radical (unpaired) electrons. The summed E-state index contributed by atoms with van der Waals surface area (Å²) in [5.41, 5.74) is 2.37. The van der Waals surface area contributed by atoms with E-state index in [9.17, 15) is 4.57 Å². The third kappa shape index (κ3) is 3.24. The Hall–Kier alpha value is -2.61. The fourth-order valence-electron chi connectivity index (χ4n) is 3.29. The van der Waals surface area contributed by atoms with E-state index in [-0.39, 0.29) is 0 Å². The van der Waals surface area contributed by atoms with Gasteiger partial charge in [-0.15, -0.1) is 0 Å². The van der Waals surface area contributed by atoms with Crippen molar-refractivity contribution in [2.24, 2.45) is 0 Å². The maximum atomic E-state index is 13.9. The highest BCUT2D eigenvalue weighted by Gasteiger charge is 2.26. The lowest BCUT2D eigenvalue weighted by atomic mass is 10.1. The molecule has 1 aromatic heterocycles. The van der Waals surface area contributed by atoms with E-state index in [1.54, 1.807) is 0 Å². The zero-order valence-electron chi connectivity index (χ0n) is 14.4. The quantitative estimate of drug-likeness (QED) is 0.506. The molecule has 0 fully saturated rings. The van der Waals surface area contributed by atoms with Crippen LogP contribution in [0.2, 0.25) is 0 Å². The molecule has 4 heteroatoms. The van der Waals surface area contributed by atoms with Crippen molar-refractivity contribution in [1.82, 2.24) is 10.1 Å². The van der Waals surface area contributed by atoms with Crippen molar-refractivity contribution in [2.45, 2.75) is 6.42 Å². The molecule has 0 unspecified atom stereocenters. The molecule has 1 heterocycles. The van der Waals surface area contributed by atoms with Crippen LogP contribution in [0.1, 0.15) is 5.56 Å². The monoisotopic (exact) mass is 360 g/mol. The Morgan fingerprint density at radius 2 is 1.35 bits per heavy atom. The summed E-state index contributed by atoms with van der Waals surface area (Å²) in [5, 5.41) is 6.28. The van der Waals surface area contributed by atoms with Crippen LogP contribution < -0.4 is 15.7 Å². The van der Waals surface area contributed by atoms with Gasteiger partial charge in [0.05, 0.1) is 0 Å². The maximum Gasteiger partial charge on any atom is 0.204 e. The highest BCUT2D eigenvalue weighted by molar-refractivity contribution is 7.76. The first kappa shape index (κ1) is 16.8. The number of H-pyrrole nitrogens is 1. The van der Waals surface area contributed by atoms with Gasteiger partial charge in [0, 0.05) is 34.3 Å². The van der Waals surface area contributed by atoms with Gasteiger partial charge in [-0.3, -0.25) is 9.65 Å². The fraction of sp³-hybridized carbons (Fsp3) is 0.0909. The second-order valence-electron chi connectivity index (χ2n) is 6.30. The smallest absolute Gasteiger partial charge is 0.204 e. The summed E-state index contributed by atoms with van der Waals surface area (Å²) in [6, 6.07) is 27.7. The van der Waals surface area contributed by atoms with Gasteiger partial charge in [0.15, 0.2) is 0 Å². The highest BCUT2D eigenvalue weighted by atomic mass is 31.2. The summed E-state index contributed by atoms with van der Waals surface area (Å²) in [4.78, 5) is 3.30. The first-order chi connectivity index (χ1) is 12.8. The van der Waals surface area contributed by atoms with E-state index in [0.29, 0.717) is 6.54 Å². The minimum atomic E-state index is -2.86. The predicted octanol–water partition coefficient (Wildman–Crippen LogP) is 4.23. The van der Waals surface area contributed by atoms with Crippen LogP contribution in [0.3, 0.4) is 0 Å². The van der Waals surface area contributed by atoms with Crippen molar-refractivity contribution in [1.29, 1.82) is 0 Å². The molecular formula is C22H21N2OP. The van der Waals surface area contributed by atoms with Crippen molar-refractivity contribution in [3.8, 4) is 0 Å². The fourth-order valence-corrected chi connectivity index (χ4v) is 5.57. The van der Waals surface area contributed by atoms with E-state index in [4.69, 9.17) is 0 Å². The molecule has 0 aliphatic carbocycles. The molecule has 3 nitrogen and oxygen atoms in total. The molecule has 130 valence electrons. The molecule has 4 aromatic rings. The Labute approximate surface area is 153 Å². The van der Waals surface area contributed by atoms with Crippen molar-refractivity contribution in [3.63, 3.8) is 0 Å². The van der Waals surface area contributed by atoms with Crippen LogP contribution in [0.25, 0.3) is 10.9 Å². The molecule has 0 saturated heterocycles. The third-order valence-corrected chi connectivity index (χ3v) is 7.36. The number of aromatic amines is 1. The number of fused-ring (bicyclic) bond motifs is 1. The average molecular weight is 360 g/mol. The van der Waals surface area contributed by atoms with Crippen molar-refractivity contribution >= 4 is 28.8 Å². The predicted molar refractivity (Wildman–Crippen MR) is 110 cm³/mol. The first-order valence-electron chi connectivity index (χ1n) is 8.79. The van der Waals surface area contributed by atoms with Crippen LogP contribution in [0, 0.1) is 0 Å². The van der Waals surface area contributed by atoms with Gasteiger partial charge >= 0.3 is 0 Å². The number of rotatable bonds is 6. The van der Waals surface area contributed by atoms with Crippen molar-refractivity contribution in [2.75, 3.05) is 6.54 Å². The Kier molecular flexibility index (Phi) is 4.75. The second-order valence-corrected chi connectivity index (χ2v) is 8.87. The van der Waals surface area contributed by atoms with Gasteiger partial charge in [-0.05, 0) is 42.3 Å². The van der Waals surface area contributed by atoms with Gasteiger partial charge in [-0.1, -0.05) is 54.6 Å². The van der Waals surface area contributed by atoms with E-state index < -0.39 is 7.29 Å². The van der Waals surface area contributed by atoms with Gasteiger partial charge in [0.25, 0.3) is 0 Å². The zero-order chi connectivity index (χ0) is 17.8. The van der Waals surface area contributed by atoms with Gasteiger partial charge in [-0.2, -0.15) is 0 Å². The minimum absolute atomic E-state index is 0.642. The van der Waals surface area contributed by atoms with Crippen LogP contribution in [0.4, 0.5) is 0 Å². The van der Waals surface area contributed by atoms with E-state index in [1.165, 1.54) is 10.9 Å². The van der Waals surface area contributed by atoms with E-state index in [0.717, 1.165) is 22.5 Å². The summed E-state index contributed by atoms with van der Waals surface area (Å²) in [6.07, 6.45) is 2.86. The molecule has 0 saturated carbocycles. The van der Waals surface area contributed by atoms with Crippen LogP contribution in [-0.2, 0) is 11.0 Å². The summed E-state index contributed by atoms with van der Waals surface area (Å²) < 4.78 is 13.9. The Morgan fingerprint density at radius 3 is 2.00 bits per heavy atom. The lowest BCUT2D eigenvalue weighted by Gasteiger charge is -2.20. The third-order valence-electron chi connectivity index (χ3n) is 4.64. The van der Waals surface area contributed by atoms with Crippen molar-refractivity contribution < 1.29 is 4.57 Å². The van der Waals surface area contributed by atoms with Gasteiger partial charge < -0.3 is 4.98 Å². The van der Waals surface area contributed by atoms with Gasteiger partial charge in [0.2, 0.25) is 7.29 Å². The number of aromatic nitrogens is 1. The topological polar surface area (TPSA) is 44.9 Å². The molecule has 0 atom stereocenters. The molecule has 3 aromatic carbocycles. The molecule has 0 amide bonds. The van der Waals surface area contributed by atoms with Crippen LogP contribution >= 0.6 is 7.29 Å². The average Bonchev–Trinajstić information content (AvgIpc) is 3.12. The molecule has 4 rings (SSSR count). The lowest BCUT2D eigenvalue weighted by Crippen LogP contribution is -2.28. The Bertz CT molecular complexity index is 998. The highest BCUT2D eigenvalue weighted by Crippen LogP contribution is 2.38. The Balaban J connectivity index is 1.59. The number of para-hydroxylation sites is 1. The molecule has 0 spiro atoms. The standard InChI is InChI=1S/C22H21N2OP/c25-26(19-9-3-1-4-10-19,20-11-5-2-6-12-20)24-16-15-18-17-23-22-14-8-7-13-21(18)22/h1-14,17,23H,15-16H2,(H,24,25). The van der Waals surface area contributed by atoms with E-state index >= 15 is 0 Å². The number of hydrogen-bond acceptors (Lipinski definition) is 1. The SMILES string of the molecule is O=P(NCCc1c[nH]c2ccccc12)(c1ccccc1)c1ccccc1. The largest absolute Gasteiger partial charge is 0.361 e. The number of hydrogen-bond donors (Lipinski definition) is 2. The number of benzene rings is 3. The molecule has 0 aliphatic rings. The summed E-state index contributed by atoms with van der Waals surface area (Å²) >= 11 is 0. The normalized spacial score (nSPS) is 11.7. The molecule has 0 bridgehead atoms. The molecule has 0 aliphatic heterocycles. The molecular weight excluding hydrogens is 339 g/mol. The van der Waals surface area contributed by atoms with Crippen molar-refractivity contribution in [3.05, 3.63) is 96.7 Å². The van der Waals surface area contributed by atoms with Crippen LogP contribution in [0.5, 0.6) is 0 Å². The maximum absolute atomic E-state index is 13.9. The summed E-state index contributed by atoms with van der Waals surface area (Å²) in [7, 11) is -2.86. The van der Waals surface area contributed by atoms with Gasteiger partial charge in [-0.25, -0.2) is 0 Å². The van der Waals surface area contributed by atoms with Gasteiger partial charge in [0.1, 0.15) is 0 Å². The second kappa shape index (κ2) is 7.33. The minimum Gasteiger partial charge on any atom is -0.361 e. The van der Waals surface area contributed by atoms with E-state index in [2.05, 4.69) is 22.2 Å².